The first kappa shape index (κ1) is 9.81. The van der Waals surface area contributed by atoms with Crippen molar-refractivity contribution < 1.29 is 5.11 Å². The topological polar surface area (TPSA) is 69.0 Å². The Morgan fingerprint density at radius 1 is 1.36 bits per heavy atom. The largest absolute Gasteiger partial charge is 0.390 e. The number of fused-ring (bicyclic) bond motifs is 1. The molecule has 0 heterocycles. The minimum atomic E-state index is -0.804. The quantitative estimate of drug-likeness (QED) is 0.390. The Balaban J connectivity index is 2.19. The molecule has 4 nitrogen and oxygen atoms in total. The number of hydrogen-bond acceptors (Lipinski definition) is 2. The molecule has 4 heteroatoms. The second-order valence-corrected chi connectivity index (χ2v) is 5.55. The van der Waals surface area contributed by atoms with Crippen molar-refractivity contribution >= 4 is 0 Å². The third-order valence-corrected chi connectivity index (χ3v) is 4.31. The molecule has 14 heavy (non-hydrogen) atoms. The second-order valence-electron chi connectivity index (χ2n) is 5.55. The molecule has 0 bridgehead atoms. The molecule has 0 radical (unpaired) electrons. The summed E-state index contributed by atoms with van der Waals surface area (Å²) in [5, 5.41) is 13.8. The summed E-state index contributed by atoms with van der Waals surface area (Å²) in [4.78, 5) is 2.82. The minimum absolute atomic E-state index is 0.240. The molecule has 78 valence electrons. The van der Waals surface area contributed by atoms with E-state index in [4.69, 9.17) is 5.53 Å². The van der Waals surface area contributed by atoms with E-state index in [9.17, 15) is 5.11 Å². The van der Waals surface area contributed by atoms with Crippen molar-refractivity contribution in [3.63, 3.8) is 0 Å². The zero-order valence-electron chi connectivity index (χ0n) is 8.94. The molecule has 2 fully saturated rings. The predicted octanol–water partition coefficient (Wildman–Crippen LogP) is 2.48. The molecule has 1 N–H and O–H groups in total. The van der Waals surface area contributed by atoms with Gasteiger partial charge in [0.1, 0.15) is 0 Å². The van der Waals surface area contributed by atoms with E-state index in [-0.39, 0.29) is 6.04 Å². The molecule has 0 aliphatic heterocycles. The van der Waals surface area contributed by atoms with E-state index in [1.807, 2.05) is 0 Å². The summed E-state index contributed by atoms with van der Waals surface area (Å²) >= 11 is 0. The van der Waals surface area contributed by atoms with Crippen molar-refractivity contribution in [1.82, 2.24) is 0 Å². The summed E-state index contributed by atoms with van der Waals surface area (Å²) in [5.41, 5.74) is 7.96. The summed E-state index contributed by atoms with van der Waals surface area (Å²) < 4.78 is 0. The average Bonchev–Trinajstić information content (AvgIpc) is 2.54. The zero-order chi connectivity index (χ0) is 10.6. The van der Waals surface area contributed by atoms with Gasteiger partial charge >= 0.3 is 0 Å². The molecule has 0 aromatic heterocycles. The molecular weight excluding hydrogens is 178 g/mol. The van der Waals surface area contributed by atoms with Crippen LogP contribution in [0.5, 0.6) is 0 Å². The highest BCUT2D eigenvalue weighted by molar-refractivity contribution is 5.14. The van der Waals surface area contributed by atoms with Crippen molar-refractivity contribution in [2.45, 2.75) is 45.3 Å². The van der Waals surface area contributed by atoms with E-state index in [0.29, 0.717) is 17.3 Å². The lowest BCUT2D eigenvalue weighted by Gasteiger charge is -2.33. The molecule has 0 unspecified atom stereocenters. The third kappa shape index (κ3) is 1.22. The smallest absolute Gasteiger partial charge is 0.0707 e. The standard InChI is InChI=1S/C10H17N3O/c1-9(2)6-4-8(12-13-11)10(3,14)5-7(6)9/h6-8,14H,4-5H2,1-3H3/t6-,7+,8-,10-/m1/s1. The molecule has 0 spiro atoms. The Morgan fingerprint density at radius 2 is 2.00 bits per heavy atom. The first-order valence-electron chi connectivity index (χ1n) is 5.16. The van der Waals surface area contributed by atoms with E-state index in [1.165, 1.54) is 0 Å². The van der Waals surface area contributed by atoms with Crippen LogP contribution in [-0.4, -0.2) is 16.7 Å². The van der Waals surface area contributed by atoms with Crippen molar-refractivity contribution in [3.05, 3.63) is 10.4 Å². The SMILES string of the molecule is CC1(C)[C@@H]2C[C@@H](N=[N+]=[N-])[C@](C)(O)C[C@@H]21. The Morgan fingerprint density at radius 3 is 2.57 bits per heavy atom. The highest BCUT2D eigenvalue weighted by Gasteiger charge is 2.63. The fourth-order valence-corrected chi connectivity index (χ4v) is 3.04. The molecule has 2 rings (SSSR count). The Bertz CT molecular complexity index is 304. The first-order valence-corrected chi connectivity index (χ1v) is 5.16. The van der Waals surface area contributed by atoms with Gasteiger partial charge in [0, 0.05) is 4.91 Å². The summed E-state index contributed by atoms with van der Waals surface area (Å²) in [6.45, 7) is 6.25. The molecule has 0 aromatic rings. The number of azide groups is 1. The van der Waals surface area contributed by atoms with E-state index in [0.717, 1.165) is 12.8 Å². The molecular formula is C10H17N3O. The fourth-order valence-electron chi connectivity index (χ4n) is 3.04. The van der Waals surface area contributed by atoms with Gasteiger partial charge in [-0.25, -0.2) is 0 Å². The van der Waals surface area contributed by atoms with Crippen LogP contribution in [0.1, 0.15) is 33.6 Å². The Hall–Kier alpha value is -0.730. The summed E-state index contributed by atoms with van der Waals surface area (Å²) in [7, 11) is 0. The lowest BCUT2D eigenvalue weighted by Crippen LogP contribution is -2.41. The van der Waals surface area contributed by atoms with Gasteiger partial charge in [-0.1, -0.05) is 19.0 Å². The van der Waals surface area contributed by atoms with E-state index < -0.39 is 5.60 Å². The lowest BCUT2D eigenvalue weighted by atomic mass is 9.82. The van der Waals surface area contributed by atoms with Crippen LogP contribution in [0.2, 0.25) is 0 Å². The molecule has 0 saturated heterocycles. The van der Waals surface area contributed by atoms with Gasteiger partial charge in [-0.3, -0.25) is 0 Å². The fraction of sp³-hybridized carbons (Fsp3) is 1.00. The van der Waals surface area contributed by atoms with Crippen LogP contribution in [0.15, 0.2) is 5.11 Å². The van der Waals surface area contributed by atoms with Crippen LogP contribution in [0.4, 0.5) is 0 Å². The van der Waals surface area contributed by atoms with Gasteiger partial charge < -0.3 is 5.11 Å². The van der Waals surface area contributed by atoms with Crippen molar-refractivity contribution in [1.29, 1.82) is 0 Å². The van der Waals surface area contributed by atoms with Crippen molar-refractivity contribution in [3.8, 4) is 0 Å². The third-order valence-electron chi connectivity index (χ3n) is 4.31. The van der Waals surface area contributed by atoms with Crippen molar-refractivity contribution in [2.75, 3.05) is 0 Å². The van der Waals surface area contributed by atoms with Crippen LogP contribution in [0, 0.1) is 17.3 Å². The molecule has 2 aliphatic carbocycles. The van der Waals surface area contributed by atoms with Crippen LogP contribution >= 0.6 is 0 Å². The number of nitrogens with zero attached hydrogens (tertiary/aromatic N) is 3. The molecule has 2 saturated carbocycles. The lowest BCUT2D eigenvalue weighted by molar-refractivity contribution is -0.000474. The maximum Gasteiger partial charge on any atom is 0.0707 e. The van der Waals surface area contributed by atoms with Gasteiger partial charge in [-0.2, -0.15) is 0 Å². The number of hydrogen-bond donors (Lipinski definition) is 1. The number of aliphatic hydroxyl groups is 1. The average molecular weight is 195 g/mol. The van der Waals surface area contributed by atoms with Gasteiger partial charge in [0.25, 0.3) is 0 Å². The van der Waals surface area contributed by atoms with Gasteiger partial charge in [-0.15, -0.1) is 0 Å². The van der Waals surface area contributed by atoms with Gasteiger partial charge in [0.15, 0.2) is 0 Å². The maximum atomic E-state index is 10.1. The first-order chi connectivity index (χ1) is 6.39. The summed E-state index contributed by atoms with van der Waals surface area (Å²) in [6, 6.07) is -0.240. The van der Waals surface area contributed by atoms with E-state index >= 15 is 0 Å². The monoisotopic (exact) mass is 195 g/mol. The minimum Gasteiger partial charge on any atom is -0.390 e. The summed E-state index contributed by atoms with van der Waals surface area (Å²) in [5.74, 6) is 1.25. The Labute approximate surface area is 83.9 Å². The summed E-state index contributed by atoms with van der Waals surface area (Å²) in [6.07, 6.45) is 1.61. The Kier molecular flexibility index (Phi) is 1.85. The van der Waals surface area contributed by atoms with Crippen LogP contribution < -0.4 is 0 Å². The molecule has 2 aliphatic rings. The second kappa shape index (κ2) is 2.65. The molecule has 0 aromatic carbocycles. The molecule has 4 atom stereocenters. The van der Waals surface area contributed by atoms with Crippen LogP contribution in [0.3, 0.4) is 0 Å². The van der Waals surface area contributed by atoms with E-state index in [1.54, 1.807) is 6.92 Å². The highest BCUT2D eigenvalue weighted by atomic mass is 16.3. The van der Waals surface area contributed by atoms with E-state index in [2.05, 4.69) is 23.9 Å². The van der Waals surface area contributed by atoms with Gasteiger partial charge in [0.05, 0.1) is 11.6 Å². The van der Waals surface area contributed by atoms with Gasteiger partial charge in [-0.05, 0) is 42.5 Å². The highest BCUT2D eigenvalue weighted by Crippen LogP contribution is 2.66. The van der Waals surface area contributed by atoms with Gasteiger partial charge in [0.2, 0.25) is 0 Å². The normalized spacial score (nSPS) is 49.0. The molecule has 0 amide bonds. The number of rotatable bonds is 1. The van der Waals surface area contributed by atoms with Crippen LogP contribution in [0.25, 0.3) is 10.4 Å². The predicted molar refractivity (Wildman–Crippen MR) is 53.6 cm³/mol. The van der Waals surface area contributed by atoms with Crippen LogP contribution in [-0.2, 0) is 0 Å². The zero-order valence-corrected chi connectivity index (χ0v) is 8.94. The maximum absolute atomic E-state index is 10.1. The van der Waals surface area contributed by atoms with Crippen molar-refractivity contribution in [2.24, 2.45) is 22.4 Å².